The first-order valence-corrected chi connectivity index (χ1v) is 5.05. The molecule has 64 valence electrons. The van der Waals surface area contributed by atoms with Crippen molar-refractivity contribution in [3.63, 3.8) is 0 Å². The first-order chi connectivity index (χ1) is 6.22. The Morgan fingerprint density at radius 3 is 2.92 bits per heavy atom. The minimum Gasteiger partial charge on any atom is -0.192 e. The lowest BCUT2D eigenvalue weighted by molar-refractivity contribution is 1.46. The van der Waals surface area contributed by atoms with Gasteiger partial charge in [0.15, 0.2) is 0 Å². The Morgan fingerprint density at radius 1 is 1.46 bits per heavy atom. The molecule has 3 heteroatoms. The zero-order chi connectivity index (χ0) is 9.42. The van der Waals surface area contributed by atoms with Crippen LogP contribution in [-0.2, 0) is 0 Å². The molecule has 13 heavy (non-hydrogen) atoms. The third kappa shape index (κ3) is 1.31. The fourth-order valence-electron chi connectivity index (χ4n) is 1.35. The number of halogens is 1. The highest BCUT2D eigenvalue weighted by molar-refractivity contribution is 7.17. The molecular weight excluding hydrogens is 202 g/mol. The van der Waals surface area contributed by atoms with Crippen LogP contribution in [0.1, 0.15) is 11.1 Å². The van der Waals surface area contributed by atoms with Crippen LogP contribution in [0.3, 0.4) is 0 Å². The number of nitriles is 1. The molecule has 0 aliphatic carbocycles. The predicted octanol–water partition coefficient (Wildman–Crippen LogP) is 3.73. The minimum atomic E-state index is 0.668. The van der Waals surface area contributed by atoms with E-state index in [0.29, 0.717) is 10.6 Å². The zero-order valence-electron chi connectivity index (χ0n) is 6.97. The Bertz CT molecular complexity index is 507. The maximum Gasteiger partial charge on any atom is 0.0999 e. The molecule has 0 saturated carbocycles. The quantitative estimate of drug-likeness (QED) is 0.646. The van der Waals surface area contributed by atoms with Crippen LogP contribution in [0, 0.1) is 18.3 Å². The maximum atomic E-state index is 8.90. The molecule has 1 nitrogen and oxygen atoms in total. The van der Waals surface area contributed by atoms with Gasteiger partial charge in [0.1, 0.15) is 0 Å². The van der Waals surface area contributed by atoms with Crippen molar-refractivity contribution in [3.8, 4) is 6.07 Å². The van der Waals surface area contributed by atoms with Crippen molar-refractivity contribution in [2.75, 3.05) is 0 Å². The smallest absolute Gasteiger partial charge is 0.0999 e. The van der Waals surface area contributed by atoms with Crippen LogP contribution in [0.5, 0.6) is 0 Å². The van der Waals surface area contributed by atoms with Crippen LogP contribution >= 0.6 is 22.9 Å². The molecular formula is C10H6ClNS. The van der Waals surface area contributed by atoms with Gasteiger partial charge in [-0.2, -0.15) is 5.26 Å². The van der Waals surface area contributed by atoms with Crippen LogP contribution < -0.4 is 0 Å². The van der Waals surface area contributed by atoms with Gasteiger partial charge in [-0.25, -0.2) is 0 Å². The van der Waals surface area contributed by atoms with E-state index in [0.717, 1.165) is 15.6 Å². The summed E-state index contributed by atoms with van der Waals surface area (Å²) in [6, 6.07) is 6.07. The average Bonchev–Trinajstić information content (AvgIpc) is 2.46. The van der Waals surface area contributed by atoms with E-state index in [1.54, 1.807) is 11.3 Å². The van der Waals surface area contributed by atoms with E-state index < -0.39 is 0 Å². The molecule has 0 fully saturated rings. The highest BCUT2D eigenvalue weighted by Gasteiger charge is 2.07. The van der Waals surface area contributed by atoms with Crippen LogP contribution in [0.4, 0.5) is 0 Å². The van der Waals surface area contributed by atoms with Crippen molar-refractivity contribution in [1.29, 1.82) is 5.26 Å². The fraction of sp³-hybridized carbons (Fsp3) is 0.100. The van der Waals surface area contributed by atoms with Crippen LogP contribution in [0.2, 0.25) is 5.02 Å². The van der Waals surface area contributed by atoms with Crippen molar-refractivity contribution < 1.29 is 0 Å². The summed E-state index contributed by atoms with van der Waals surface area (Å²) in [6.07, 6.45) is 0. The molecule has 0 N–H and O–H groups in total. The summed E-state index contributed by atoms with van der Waals surface area (Å²) in [5.41, 5.74) is 1.77. The monoisotopic (exact) mass is 207 g/mol. The van der Waals surface area contributed by atoms with Crippen molar-refractivity contribution >= 4 is 33.0 Å². The summed E-state index contributed by atoms with van der Waals surface area (Å²) in [5, 5.41) is 12.3. The topological polar surface area (TPSA) is 23.8 Å². The molecule has 0 atom stereocenters. The number of benzene rings is 1. The summed E-state index contributed by atoms with van der Waals surface area (Å²) in [6.45, 7) is 1.98. The molecule has 0 bridgehead atoms. The summed E-state index contributed by atoms with van der Waals surface area (Å²) in [7, 11) is 0. The van der Waals surface area contributed by atoms with E-state index >= 15 is 0 Å². The number of rotatable bonds is 0. The summed E-state index contributed by atoms with van der Waals surface area (Å²) in [5.74, 6) is 0. The molecule has 0 unspecified atom stereocenters. The van der Waals surface area contributed by atoms with Crippen molar-refractivity contribution in [1.82, 2.24) is 0 Å². The zero-order valence-corrected chi connectivity index (χ0v) is 8.54. The molecule has 0 radical (unpaired) electrons. The Kier molecular flexibility index (Phi) is 1.99. The van der Waals surface area contributed by atoms with Gasteiger partial charge in [0.25, 0.3) is 0 Å². The Balaban J connectivity index is 2.95. The highest BCUT2D eigenvalue weighted by atomic mass is 35.5. The lowest BCUT2D eigenvalue weighted by Gasteiger charge is -1.96. The van der Waals surface area contributed by atoms with Crippen LogP contribution in [0.25, 0.3) is 10.1 Å². The average molecular weight is 208 g/mol. The second kappa shape index (κ2) is 3.02. The van der Waals surface area contributed by atoms with Crippen molar-refractivity contribution in [3.05, 3.63) is 33.7 Å². The lowest BCUT2D eigenvalue weighted by atomic mass is 10.1. The summed E-state index contributed by atoms with van der Waals surface area (Å²) < 4.78 is 1.08. The second-order valence-electron chi connectivity index (χ2n) is 2.88. The third-order valence-corrected chi connectivity index (χ3v) is 3.25. The van der Waals surface area contributed by atoms with Gasteiger partial charge in [-0.1, -0.05) is 11.6 Å². The van der Waals surface area contributed by atoms with Crippen molar-refractivity contribution in [2.24, 2.45) is 0 Å². The van der Waals surface area contributed by atoms with E-state index in [-0.39, 0.29) is 0 Å². The standard InChI is InChI=1S/C10H6ClNS/c1-6-2-7(4-12)10-8(11)5-13-9(10)3-6/h2-3,5H,1H3. The number of nitrogens with zero attached hydrogens (tertiary/aromatic N) is 1. The van der Waals surface area contributed by atoms with Crippen LogP contribution in [0.15, 0.2) is 17.5 Å². The second-order valence-corrected chi connectivity index (χ2v) is 4.20. The Hall–Kier alpha value is -1.04. The normalized spacial score (nSPS) is 10.2. The first kappa shape index (κ1) is 8.55. The van der Waals surface area contributed by atoms with E-state index in [1.807, 2.05) is 24.4 Å². The molecule has 0 aliphatic heterocycles. The van der Waals surface area contributed by atoms with Gasteiger partial charge in [-0.3, -0.25) is 0 Å². The van der Waals surface area contributed by atoms with Gasteiger partial charge >= 0.3 is 0 Å². The van der Waals surface area contributed by atoms with E-state index in [4.69, 9.17) is 16.9 Å². The summed E-state index contributed by atoms with van der Waals surface area (Å²) >= 11 is 7.54. The summed E-state index contributed by atoms with van der Waals surface area (Å²) in [4.78, 5) is 0. The molecule has 2 rings (SSSR count). The lowest BCUT2D eigenvalue weighted by Crippen LogP contribution is -1.78. The highest BCUT2D eigenvalue weighted by Crippen LogP contribution is 2.33. The number of thiophene rings is 1. The Labute approximate surface area is 85.2 Å². The van der Waals surface area contributed by atoms with E-state index in [1.165, 1.54) is 0 Å². The molecule has 0 amide bonds. The molecule has 1 heterocycles. The number of aryl methyl sites for hydroxylation is 1. The van der Waals surface area contributed by atoms with Gasteiger partial charge in [0.2, 0.25) is 0 Å². The molecule has 0 saturated heterocycles. The fourth-order valence-corrected chi connectivity index (χ4v) is 2.69. The largest absolute Gasteiger partial charge is 0.192 e. The molecule has 0 aliphatic rings. The Morgan fingerprint density at radius 2 is 2.23 bits per heavy atom. The van der Waals surface area contributed by atoms with Gasteiger partial charge in [0, 0.05) is 15.5 Å². The number of fused-ring (bicyclic) bond motifs is 1. The van der Waals surface area contributed by atoms with Gasteiger partial charge < -0.3 is 0 Å². The van der Waals surface area contributed by atoms with Gasteiger partial charge in [0.05, 0.1) is 16.7 Å². The number of hydrogen-bond donors (Lipinski definition) is 0. The molecule has 2 aromatic rings. The molecule has 1 aromatic carbocycles. The first-order valence-electron chi connectivity index (χ1n) is 3.80. The predicted molar refractivity (Wildman–Crippen MR) is 56.3 cm³/mol. The SMILES string of the molecule is Cc1cc(C#N)c2c(Cl)csc2c1. The molecule has 0 spiro atoms. The van der Waals surface area contributed by atoms with E-state index in [9.17, 15) is 0 Å². The maximum absolute atomic E-state index is 8.90. The number of hydrogen-bond acceptors (Lipinski definition) is 2. The van der Waals surface area contributed by atoms with Gasteiger partial charge in [-0.15, -0.1) is 11.3 Å². The van der Waals surface area contributed by atoms with Crippen molar-refractivity contribution in [2.45, 2.75) is 6.92 Å². The van der Waals surface area contributed by atoms with E-state index in [2.05, 4.69) is 6.07 Å². The third-order valence-electron chi connectivity index (χ3n) is 1.90. The van der Waals surface area contributed by atoms with Crippen LogP contribution in [-0.4, -0.2) is 0 Å². The molecule has 1 aromatic heterocycles. The minimum absolute atomic E-state index is 0.668. The van der Waals surface area contributed by atoms with Gasteiger partial charge in [-0.05, 0) is 24.6 Å².